The third-order valence-electron chi connectivity index (χ3n) is 5.15. The van der Waals surface area contributed by atoms with E-state index in [0.29, 0.717) is 27.7 Å². The van der Waals surface area contributed by atoms with Gasteiger partial charge in [0.2, 0.25) is 0 Å². The number of para-hydroxylation sites is 2. The van der Waals surface area contributed by atoms with Crippen LogP contribution in [0.3, 0.4) is 0 Å². The van der Waals surface area contributed by atoms with Crippen molar-refractivity contribution in [2.75, 3.05) is 22.6 Å². The van der Waals surface area contributed by atoms with E-state index in [-0.39, 0.29) is 18.4 Å². The van der Waals surface area contributed by atoms with E-state index in [2.05, 4.69) is 16.0 Å². The molecule has 4 aromatic carbocycles. The second kappa shape index (κ2) is 11.2. The van der Waals surface area contributed by atoms with Crippen molar-refractivity contribution in [3.63, 3.8) is 0 Å². The number of amides is 2. The lowest BCUT2D eigenvalue weighted by Gasteiger charge is -2.13. The third-order valence-corrected chi connectivity index (χ3v) is 5.38. The first-order valence-electron chi connectivity index (χ1n) is 11.0. The summed E-state index contributed by atoms with van der Waals surface area (Å²) in [4.78, 5) is 25.4. The van der Waals surface area contributed by atoms with E-state index in [1.54, 1.807) is 42.5 Å². The molecule has 7 heteroatoms. The van der Waals surface area contributed by atoms with E-state index >= 15 is 0 Å². The van der Waals surface area contributed by atoms with Gasteiger partial charge in [0.1, 0.15) is 5.75 Å². The monoisotopic (exact) mass is 485 g/mol. The number of ether oxygens (including phenoxy) is 1. The van der Waals surface area contributed by atoms with Crippen molar-refractivity contribution in [2.24, 2.45) is 0 Å². The van der Waals surface area contributed by atoms with Crippen molar-refractivity contribution in [2.45, 2.75) is 6.92 Å². The summed E-state index contributed by atoms with van der Waals surface area (Å²) < 4.78 is 5.60. The first-order valence-corrected chi connectivity index (χ1v) is 11.4. The summed E-state index contributed by atoms with van der Waals surface area (Å²) in [6.07, 6.45) is 0. The summed E-state index contributed by atoms with van der Waals surface area (Å²) in [5.74, 6) is -0.143. The highest BCUT2D eigenvalue weighted by Gasteiger charge is 2.14. The maximum absolute atomic E-state index is 12.9. The molecule has 0 heterocycles. The van der Waals surface area contributed by atoms with Gasteiger partial charge >= 0.3 is 0 Å². The topological polar surface area (TPSA) is 79.5 Å². The van der Waals surface area contributed by atoms with Crippen LogP contribution < -0.4 is 20.7 Å². The Morgan fingerprint density at radius 3 is 2.17 bits per heavy atom. The van der Waals surface area contributed by atoms with Crippen LogP contribution in [0.4, 0.5) is 22.7 Å². The first kappa shape index (κ1) is 23.9. The fourth-order valence-corrected chi connectivity index (χ4v) is 3.64. The zero-order valence-corrected chi connectivity index (χ0v) is 19.8. The van der Waals surface area contributed by atoms with E-state index < -0.39 is 0 Å². The minimum atomic E-state index is -0.379. The Labute approximate surface area is 208 Å². The highest BCUT2D eigenvalue weighted by molar-refractivity contribution is 6.30. The molecule has 0 saturated carbocycles. The highest BCUT2D eigenvalue weighted by atomic mass is 35.5. The molecule has 3 N–H and O–H groups in total. The molecule has 4 aromatic rings. The van der Waals surface area contributed by atoms with E-state index in [1.807, 2.05) is 61.5 Å². The molecule has 0 atom stereocenters. The second-order valence-electron chi connectivity index (χ2n) is 7.81. The molecule has 6 nitrogen and oxygen atoms in total. The lowest BCUT2D eigenvalue weighted by atomic mass is 10.1. The summed E-state index contributed by atoms with van der Waals surface area (Å²) in [5, 5.41) is 9.52. The number of halogens is 1. The van der Waals surface area contributed by atoms with Gasteiger partial charge in [-0.05, 0) is 79.2 Å². The predicted octanol–water partition coefficient (Wildman–Crippen LogP) is 6.66. The molecule has 176 valence electrons. The van der Waals surface area contributed by atoms with Crippen molar-refractivity contribution in [3.05, 3.63) is 113 Å². The van der Waals surface area contributed by atoms with E-state index in [0.717, 1.165) is 16.9 Å². The van der Waals surface area contributed by atoms with Crippen LogP contribution in [0.1, 0.15) is 15.9 Å². The number of carbonyl (C=O) groups excluding carboxylic acids is 2. The molecule has 0 radical (unpaired) electrons. The number of benzene rings is 4. The van der Waals surface area contributed by atoms with Gasteiger partial charge < -0.3 is 20.7 Å². The highest BCUT2D eigenvalue weighted by Crippen LogP contribution is 2.23. The van der Waals surface area contributed by atoms with Gasteiger partial charge in [0.15, 0.2) is 6.61 Å². The molecule has 0 saturated heterocycles. The SMILES string of the molecule is Cc1cc(Cl)ccc1OCC(=O)Nc1ccccc1C(=O)Nc1ccc(Nc2ccccc2)cc1. The van der Waals surface area contributed by atoms with Crippen LogP contribution in [0.2, 0.25) is 5.02 Å². The summed E-state index contributed by atoms with van der Waals surface area (Å²) in [6.45, 7) is 1.65. The normalized spacial score (nSPS) is 10.3. The quantitative estimate of drug-likeness (QED) is 0.260. The molecular weight excluding hydrogens is 462 g/mol. The van der Waals surface area contributed by atoms with Crippen LogP contribution in [0, 0.1) is 6.92 Å². The molecule has 0 aliphatic rings. The van der Waals surface area contributed by atoms with Gasteiger partial charge in [0.05, 0.1) is 11.3 Å². The summed E-state index contributed by atoms with van der Waals surface area (Å²) >= 11 is 5.96. The molecule has 4 rings (SSSR count). The Kier molecular flexibility index (Phi) is 7.65. The number of rotatable bonds is 8. The molecule has 35 heavy (non-hydrogen) atoms. The number of hydrogen-bond acceptors (Lipinski definition) is 4. The van der Waals surface area contributed by atoms with Gasteiger partial charge in [-0.25, -0.2) is 0 Å². The molecule has 0 unspecified atom stereocenters. The molecular formula is C28H24ClN3O3. The number of aryl methyl sites for hydroxylation is 1. The molecule has 0 aliphatic heterocycles. The lowest BCUT2D eigenvalue weighted by Crippen LogP contribution is -2.23. The van der Waals surface area contributed by atoms with E-state index in [9.17, 15) is 9.59 Å². The van der Waals surface area contributed by atoms with Crippen molar-refractivity contribution in [3.8, 4) is 5.75 Å². The average Bonchev–Trinajstić information content (AvgIpc) is 2.85. The van der Waals surface area contributed by atoms with Crippen LogP contribution in [0.15, 0.2) is 97.1 Å². The average molecular weight is 486 g/mol. The van der Waals surface area contributed by atoms with Crippen LogP contribution in [-0.4, -0.2) is 18.4 Å². The maximum Gasteiger partial charge on any atom is 0.262 e. The number of carbonyl (C=O) groups is 2. The first-order chi connectivity index (χ1) is 17.0. The smallest absolute Gasteiger partial charge is 0.262 e. The van der Waals surface area contributed by atoms with Gasteiger partial charge in [-0.15, -0.1) is 0 Å². The zero-order valence-electron chi connectivity index (χ0n) is 19.0. The standard InChI is InChI=1S/C28H24ClN3O3/c1-19-17-20(29)11-16-26(19)35-18-27(33)32-25-10-6-5-9-24(25)28(34)31-23-14-12-22(13-15-23)30-21-7-3-2-4-8-21/h2-17,30H,18H2,1H3,(H,31,34)(H,32,33). The molecule has 0 aromatic heterocycles. The van der Waals surface area contributed by atoms with Crippen LogP contribution in [0.25, 0.3) is 0 Å². The third kappa shape index (κ3) is 6.62. The Balaban J connectivity index is 1.37. The van der Waals surface area contributed by atoms with E-state index in [1.165, 1.54) is 0 Å². The molecule has 0 bridgehead atoms. The Morgan fingerprint density at radius 2 is 1.43 bits per heavy atom. The Hall–Kier alpha value is -4.29. The summed E-state index contributed by atoms with van der Waals surface area (Å²) in [6, 6.07) is 29.2. The number of anilines is 4. The van der Waals surface area contributed by atoms with Crippen LogP contribution in [-0.2, 0) is 4.79 Å². The minimum absolute atomic E-state index is 0.200. The maximum atomic E-state index is 12.9. The van der Waals surface area contributed by atoms with Crippen molar-refractivity contribution >= 4 is 46.2 Å². The Bertz CT molecular complexity index is 1330. The zero-order chi connectivity index (χ0) is 24.6. The van der Waals surface area contributed by atoms with Crippen molar-refractivity contribution in [1.82, 2.24) is 0 Å². The summed E-state index contributed by atoms with van der Waals surface area (Å²) in [7, 11) is 0. The Morgan fingerprint density at radius 1 is 0.771 bits per heavy atom. The number of nitrogens with one attached hydrogen (secondary N) is 3. The molecule has 0 aliphatic carbocycles. The lowest BCUT2D eigenvalue weighted by molar-refractivity contribution is -0.118. The van der Waals surface area contributed by atoms with Gasteiger partial charge in [-0.1, -0.05) is 41.9 Å². The summed E-state index contributed by atoms with van der Waals surface area (Å²) in [5.41, 5.74) is 4.08. The van der Waals surface area contributed by atoms with Crippen molar-refractivity contribution in [1.29, 1.82) is 0 Å². The molecule has 0 fully saturated rings. The predicted molar refractivity (Wildman–Crippen MR) is 141 cm³/mol. The van der Waals surface area contributed by atoms with Gasteiger partial charge in [-0.3, -0.25) is 9.59 Å². The van der Waals surface area contributed by atoms with E-state index in [4.69, 9.17) is 16.3 Å². The van der Waals surface area contributed by atoms with Crippen molar-refractivity contribution < 1.29 is 14.3 Å². The largest absolute Gasteiger partial charge is 0.483 e. The fourth-order valence-electron chi connectivity index (χ4n) is 3.42. The van der Waals surface area contributed by atoms with Gasteiger partial charge in [-0.2, -0.15) is 0 Å². The fraction of sp³-hybridized carbons (Fsp3) is 0.0714. The molecule has 0 spiro atoms. The second-order valence-corrected chi connectivity index (χ2v) is 8.25. The van der Waals surface area contributed by atoms with Crippen LogP contribution in [0.5, 0.6) is 5.75 Å². The van der Waals surface area contributed by atoms with Gasteiger partial charge in [0.25, 0.3) is 11.8 Å². The van der Waals surface area contributed by atoms with Crippen LogP contribution >= 0.6 is 11.6 Å². The minimum Gasteiger partial charge on any atom is -0.483 e. The number of hydrogen-bond donors (Lipinski definition) is 3. The molecule has 2 amide bonds. The van der Waals surface area contributed by atoms with Gasteiger partial charge in [0, 0.05) is 22.1 Å².